The van der Waals surface area contributed by atoms with Crippen molar-refractivity contribution in [3.63, 3.8) is 0 Å². The molecule has 108 valence electrons. The van der Waals surface area contributed by atoms with Gasteiger partial charge in [0.15, 0.2) is 0 Å². The van der Waals surface area contributed by atoms with Gasteiger partial charge in [-0.15, -0.1) is 0 Å². The molecule has 0 amide bonds. The molecule has 0 saturated heterocycles. The second-order valence-corrected chi connectivity index (χ2v) is 5.91. The van der Waals surface area contributed by atoms with Gasteiger partial charge >= 0.3 is 0 Å². The minimum Gasteiger partial charge on any atom is -0.493 e. The van der Waals surface area contributed by atoms with Crippen molar-refractivity contribution in [2.75, 3.05) is 12.3 Å². The number of aromatic nitrogens is 2. The van der Waals surface area contributed by atoms with E-state index in [1.54, 1.807) is 0 Å². The molecule has 1 aromatic heterocycles. The molecule has 3 N–H and O–H groups in total. The van der Waals surface area contributed by atoms with Gasteiger partial charge in [0, 0.05) is 10.9 Å². The summed E-state index contributed by atoms with van der Waals surface area (Å²) in [4.78, 5) is 7.79. The van der Waals surface area contributed by atoms with Crippen molar-refractivity contribution in [3.05, 3.63) is 52.3 Å². The molecular formula is C16H16BrN3O. The van der Waals surface area contributed by atoms with E-state index < -0.39 is 0 Å². The monoisotopic (exact) mass is 345 g/mol. The predicted octanol–water partition coefficient (Wildman–Crippen LogP) is 3.84. The molecule has 2 aromatic carbocycles. The summed E-state index contributed by atoms with van der Waals surface area (Å²) in [5.74, 6) is 1.76. The molecule has 3 rings (SSSR count). The molecule has 3 aromatic rings. The molecule has 4 nitrogen and oxygen atoms in total. The highest BCUT2D eigenvalue weighted by Crippen LogP contribution is 2.24. The van der Waals surface area contributed by atoms with Crippen LogP contribution in [0.1, 0.15) is 11.4 Å². The van der Waals surface area contributed by atoms with Gasteiger partial charge in [0.25, 0.3) is 0 Å². The lowest BCUT2D eigenvalue weighted by atomic mass is 10.2. The van der Waals surface area contributed by atoms with Gasteiger partial charge in [-0.3, -0.25) is 0 Å². The van der Waals surface area contributed by atoms with Crippen LogP contribution >= 0.6 is 15.9 Å². The number of rotatable bonds is 4. The van der Waals surface area contributed by atoms with E-state index in [0.29, 0.717) is 18.7 Å². The third-order valence-electron chi connectivity index (χ3n) is 3.23. The van der Waals surface area contributed by atoms with Crippen molar-refractivity contribution < 1.29 is 4.74 Å². The van der Waals surface area contributed by atoms with E-state index in [1.807, 2.05) is 43.3 Å². The van der Waals surface area contributed by atoms with E-state index in [-0.39, 0.29) is 0 Å². The third-order valence-corrected chi connectivity index (χ3v) is 3.68. The molecule has 0 bridgehead atoms. The summed E-state index contributed by atoms with van der Waals surface area (Å²) in [7, 11) is 0. The van der Waals surface area contributed by atoms with E-state index in [4.69, 9.17) is 10.5 Å². The summed E-state index contributed by atoms with van der Waals surface area (Å²) in [5.41, 5.74) is 9.57. The van der Waals surface area contributed by atoms with Crippen molar-refractivity contribution in [2.45, 2.75) is 13.3 Å². The predicted molar refractivity (Wildman–Crippen MR) is 88.6 cm³/mol. The second kappa shape index (κ2) is 5.77. The zero-order valence-electron chi connectivity index (χ0n) is 11.7. The van der Waals surface area contributed by atoms with Gasteiger partial charge in [0.2, 0.25) is 0 Å². The number of ether oxygens (including phenoxy) is 1. The molecule has 0 aliphatic heterocycles. The quantitative estimate of drug-likeness (QED) is 0.706. The number of aromatic amines is 1. The van der Waals surface area contributed by atoms with Crippen molar-refractivity contribution in [3.8, 4) is 5.75 Å². The van der Waals surface area contributed by atoms with E-state index in [0.717, 1.165) is 27.1 Å². The summed E-state index contributed by atoms with van der Waals surface area (Å²) in [6.45, 7) is 2.62. The Labute approximate surface area is 131 Å². The highest BCUT2D eigenvalue weighted by atomic mass is 79.9. The summed E-state index contributed by atoms with van der Waals surface area (Å²) >= 11 is 3.43. The van der Waals surface area contributed by atoms with Gasteiger partial charge in [0.05, 0.1) is 17.8 Å². The van der Waals surface area contributed by atoms with Crippen molar-refractivity contribution in [1.82, 2.24) is 9.97 Å². The fraction of sp³-hybridized carbons (Fsp3) is 0.188. The SMILES string of the molecule is Cc1cccc(OCCc2nc3c(N)cc(Br)cc3[nH]2)c1. The number of anilines is 1. The maximum Gasteiger partial charge on any atom is 0.119 e. The van der Waals surface area contributed by atoms with Crippen LogP contribution in [-0.2, 0) is 6.42 Å². The standard InChI is InChI=1S/C16H16BrN3O/c1-10-3-2-4-12(7-10)21-6-5-15-19-14-9-11(17)8-13(18)16(14)20-15/h2-4,7-9H,5-6,18H2,1H3,(H,19,20). The third kappa shape index (κ3) is 3.19. The summed E-state index contributed by atoms with van der Waals surface area (Å²) in [5, 5.41) is 0. The molecule has 0 aliphatic rings. The summed E-state index contributed by atoms with van der Waals surface area (Å²) in [6.07, 6.45) is 0.708. The molecule has 0 unspecified atom stereocenters. The molecule has 5 heteroatoms. The number of H-pyrrole nitrogens is 1. The van der Waals surface area contributed by atoms with Gasteiger partial charge in [-0.05, 0) is 36.8 Å². The van der Waals surface area contributed by atoms with Crippen LogP contribution < -0.4 is 10.5 Å². The highest BCUT2D eigenvalue weighted by molar-refractivity contribution is 9.10. The van der Waals surface area contributed by atoms with E-state index in [9.17, 15) is 0 Å². The van der Waals surface area contributed by atoms with Gasteiger partial charge in [-0.2, -0.15) is 0 Å². The highest BCUT2D eigenvalue weighted by Gasteiger charge is 2.07. The first kappa shape index (κ1) is 13.9. The lowest BCUT2D eigenvalue weighted by molar-refractivity contribution is 0.319. The van der Waals surface area contributed by atoms with Crippen LogP contribution in [0.4, 0.5) is 5.69 Å². The minimum atomic E-state index is 0.574. The lowest BCUT2D eigenvalue weighted by Crippen LogP contribution is -2.02. The number of imidazole rings is 1. The van der Waals surface area contributed by atoms with Crippen LogP contribution in [0.5, 0.6) is 5.75 Å². The minimum absolute atomic E-state index is 0.574. The Hall–Kier alpha value is -2.01. The Bertz CT molecular complexity index is 782. The Morgan fingerprint density at radius 1 is 1.29 bits per heavy atom. The largest absolute Gasteiger partial charge is 0.493 e. The fourth-order valence-corrected chi connectivity index (χ4v) is 2.72. The number of benzene rings is 2. The number of nitrogen functional groups attached to an aromatic ring is 1. The van der Waals surface area contributed by atoms with Gasteiger partial charge in [-0.25, -0.2) is 4.98 Å². The van der Waals surface area contributed by atoms with E-state index >= 15 is 0 Å². The molecule has 0 fully saturated rings. The Morgan fingerprint density at radius 2 is 2.14 bits per heavy atom. The van der Waals surface area contributed by atoms with E-state index in [2.05, 4.69) is 25.9 Å². The van der Waals surface area contributed by atoms with Crippen LogP contribution in [-0.4, -0.2) is 16.6 Å². The van der Waals surface area contributed by atoms with Crippen LogP contribution in [0.3, 0.4) is 0 Å². The molecular weight excluding hydrogens is 330 g/mol. The smallest absolute Gasteiger partial charge is 0.119 e. The topological polar surface area (TPSA) is 63.9 Å². The molecule has 0 radical (unpaired) electrons. The van der Waals surface area contributed by atoms with Crippen molar-refractivity contribution >= 4 is 32.7 Å². The van der Waals surface area contributed by atoms with Crippen molar-refractivity contribution in [1.29, 1.82) is 0 Å². The fourth-order valence-electron chi connectivity index (χ4n) is 2.25. The number of hydrogen-bond acceptors (Lipinski definition) is 3. The molecule has 0 atom stereocenters. The zero-order valence-corrected chi connectivity index (χ0v) is 13.3. The molecule has 0 saturated carbocycles. The molecule has 0 spiro atoms. The first-order valence-corrected chi connectivity index (χ1v) is 7.54. The first-order valence-electron chi connectivity index (χ1n) is 6.75. The summed E-state index contributed by atoms with van der Waals surface area (Å²) in [6, 6.07) is 11.9. The van der Waals surface area contributed by atoms with Crippen LogP contribution in [0.25, 0.3) is 11.0 Å². The molecule has 0 aliphatic carbocycles. The average Bonchev–Trinajstić information content (AvgIpc) is 2.82. The molecule has 21 heavy (non-hydrogen) atoms. The maximum atomic E-state index is 5.96. The Kier molecular flexibility index (Phi) is 3.84. The lowest BCUT2D eigenvalue weighted by Gasteiger charge is -2.05. The van der Waals surface area contributed by atoms with Crippen molar-refractivity contribution in [2.24, 2.45) is 0 Å². The number of aryl methyl sites for hydroxylation is 1. The number of halogens is 1. The Morgan fingerprint density at radius 3 is 2.95 bits per heavy atom. The van der Waals surface area contributed by atoms with E-state index in [1.165, 1.54) is 5.56 Å². The normalized spacial score (nSPS) is 11.0. The Balaban J connectivity index is 1.69. The second-order valence-electron chi connectivity index (χ2n) is 4.99. The number of fused-ring (bicyclic) bond motifs is 1. The number of nitrogens with one attached hydrogen (secondary N) is 1. The zero-order chi connectivity index (χ0) is 14.8. The number of hydrogen-bond donors (Lipinski definition) is 2. The van der Waals surface area contributed by atoms with Gasteiger partial charge < -0.3 is 15.5 Å². The summed E-state index contributed by atoms with van der Waals surface area (Å²) < 4.78 is 6.68. The maximum absolute atomic E-state index is 5.96. The van der Waals surface area contributed by atoms with Crippen LogP contribution in [0.15, 0.2) is 40.9 Å². The van der Waals surface area contributed by atoms with Gasteiger partial charge in [0.1, 0.15) is 17.1 Å². The first-order chi connectivity index (χ1) is 10.1. The van der Waals surface area contributed by atoms with Crippen LogP contribution in [0, 0.1) is 6.92 Å². The number of nitrogens with zero attached hydrogens (tertiary/aromatic N) is 1. The average molecular weight is 346 g/mol. The molecule has 1 heterocycles. The van der Waals surface area contributed by atoms with Gasteiger partial charge in [-0.1, -0.05) is 28.1 Å². The number of nitrogens with two attached hydrogens (primary N) is 1. The van der Waals surface area contributed by atoms with Crippen LogP contribution in [0.2, 0.25) is 0 Å².